The van der Waals surface area contributed by atoms with Crippen LogP contribution in [0.2, 0.25) is 0 Å². The summed E-state index contributed by atoms with van der Waals surface area (Å²) < 4.78 is 27.2. The molecule has 1 aromatic heterocycles. The fourth-order valence-electron chi connectivity index (χ4n) is 3.02. The molecule has 1 atom stereocenters. The van der Waals surface area contributed by atoms with E-state index in [1.807, 2.05) is 36.6 Å². The van der Waals surface area contributed by atoms with Crippen molar-refractivity contribution in [3.63, 3.8) is 0 Å². The summed E-state index contributed by atoms with van der Waals surface area (Å²) in [5.74, 6) is -0.838. The van der Waals surface area contributed by atoms with E-state index in [2.05, 4.69) is 15.0 Å². The Hall–Kier alpha value is -2.54. The fraction of sp³-hybridized carbons (Fsp3) is 0.227. The van der Waals surface area contributed by atoms with E-state index in [0.717, 1.165) is 16.4 Å². The molecule has 0 spiro atoms. The number of amides is 1. The lowest BCUT2D eigenvalue weighted by Crippen LogP contribution is -2.41. The topological polar surface area (TPSA) is 125 Å². The number of benzene rings is 2. The summed E-state index contributed by atoms with van der Waals surface area (Å²) in [4.78, 5) is 28.5. The van der Waals surface area contributed by atoms with E-state index in [9.17, 15) is 23.1 Å². The molecule has 2 aromatic carbocycles. The summed E-state index contributed by atoms with van der Waals surface area (Å²) in [6, 6.07) is 13.2. The Morgan fingerprint density at radius 1 is 1.18 bits per heavy atom. The van der Waals surface area contributed by atoms with Crippen molar-refractivity contribution in [2.75, 3.05) is 16.7 Å². The molecule has 3 rings (SSSR count). The summed E-state index contributed by atoms with van der Waals surface area (Å²) in [5, 5.41) is 14.0. The van der Waals surface area contributed by atoms with Crippen molar-refractivity contribution in [2.24, 2.45) is 0 Å². The minimum Gasteiger partial charge on any atom is -0.480 e. The number of thioether (sulfide) groups is 1. The zero-order chi connectivity index (χ0) is 24.6. The molecule has 0 saturated heterocycles. The van der Waals surface area contributed by atoms with Gasteiger partial charge in [-0.25, -0.2) is 14.5 Å². The van der Waals surface area contributed by atoms with Gasteiger partial charge < -0.3 is 10.4 Å². The van der Waals surface area contributed by atoms with Crippen molar-refractivity contribution in [1.29, 1.82) is 0 Å². The molecule has 0 radical (unpaired) electrons. The Balaban J connectivity index is 1.83. The van der Waals surface area contributed by atoms with Crippen LogP contribution in [0.5, 0.6) is 0 Å². The SMILES string of the molecule is CSCCC(NC(=O)c1ccc(CSS(=O)(=O)Nc2nccs2)cc1-c1ccccc1)C(=O)O. The number of carbonyl (C=O) groups excluding carboxylic acids is 1. The van der Waals surface area contributed by atoms with Gasteiger partial charge in [-0.2, -0.15) is 20.2 Å². The number of aromatic nitrogens is 1. The number of aliphatic carboxylic acids is 1. The summed E-state index contributed by atoms with van der Waals surface area (Å²) in [6.45, 7) is 0. The first kappa shape index (κ1) is 26.1. The fourth-order valence-corrected chi connectivity index (χ4v) is 6.63. The van der Waals surface area contributed by atoms with Crippen LogP contribution in [0.1, 0.15) is 22.3 Å². The van der Waals surface area contributed by atoms with Crippen molar-refractivity contribution < 1.29 is 23.1 Å². The molecule has 180 valence electrons. The average molecular weight is 538 g/mol. The second-order valence-electron chi connectivity index (χ2n) is 7.05. The number of anilines is 1. The number of hydrogen-bond donors (Lipinski definition) is 3. The lowest BCUT2D eigenvalue weighted by atomic mass is 9.97. The van der Waals surface area contributed by atoms with Gasteiger partial charge in [-0.15, -0.1) is 11.3 Å². The van der Waals surface area contributed by atoms with Crippen molar-refractivity contribution in [3.05, 3.63) is 71.2 Å². The van der Waals surface area contributed by atoms with Crippen LogP contribution in [-0.2, 0) is 19.6 Å². The standard InChI is InChI=1S/C22H23N3O5S4/c1-31-11-9-19(21(27)28)24-20(26)17-8-7-15(13-18(17)16-5-3-2-4-6-16)14-33-34(29,30)25-22-23-10-12-32-22/h2-8,10,12-13,19H,9,11,14H2,1H3,(H,23,25)(H,24,26)(H,27,28). The maximum absolute atomic E-state index is 13.0. The normalized spacial score (nSPS) is 12.1. The molecule has 1 heterocycles. The van der Waals surface area contributed by atoms with Gasteiger partial charge in [-0.1, -0.05) is 36.4 Å². The van der Waals surface area contributed by atoms with Gasteiger partial charge in [0, 0.05) is 22.9 Å². The minimum atomic E-state index is -3.67. The summed E-state index contributed by atoms with van der Waals surface area (Å²) >= 11 is 2.69. The molecular weight excluding hydrogens is 515 g/mol. The van der Waals surface area contributed by atoms with E-state index in [0.29, 0.717) is 34.0 Å². The maximum Gasteiger partial charge on any atom is 0.326 e. The highest BCUT2D eigenvalue weighted by Crippen LogP contribution is 2.29. The van der Waals surface area contributed by atoms with Gasteiger partial charge in [0.1, 0.15) is 6.04 Å². The molecule has 1 unspecified atom stereocenters. The van der Waals surface area contributed by atoms with Gasteiger partial charge in [-0.3, -0.25) is 4.79 Å². The van der Waals surface area contributed by atoms with Crippen LogP contribution in [0.15, 0.2) is 60.1 Å². The third-order valence-electron chi connectivity index (χ3n) is 4.65. The molecule has 0 aliphatic rings. The number of carboxylic acid groups (broad SMARTS) is 1. The number of carboxylic acids is 1. The summed E-state index contributed by atoms with van der Waals surface area (Å²) in [5.41, 5.74) is 2.37. The van der Waals surface area contributed by atoms with Crippen molar-refractivity contribution in [2.45, 2.75) is 18.2 Å². The largest absolute Gasteiger partial charge is 0.480 e. The van der Waals surface area contributed by atoms with Crippen molar-refractivity contribution in [3.8, 4) is 11.1 Å². The molecule has 3 aromatic rings. The first-order valence-corrected chi connectivity index (χ1v) is 15.3. The molecule has 8 nitrogen and oxygen atoms in total. The molecule has 0 fully saturated rings. The minimum absolute atomic E-state index is 0.147. The maximum atomic E-state index is 13.0. The first-order chi connectivity index (χ1) is 16.3. The third kappa shape index (κ3) is 7.49. The molecule has 3 N–H and O–H groups in total. The molecular formula is C22H23N3O5S4. The molecule has 0 aliphatic heterocycles. The molecule has 0 bridgehead atoms. The molecule has 1 amide bonds. The Bertz CT molecular complexity index is 1220. The number of carbonyl (C=O) groups is 2. The van der Waals surface area contributed by atoms with E-state index in [4.69, 9.17) is 0 Å². The summed E-state index contributed by atoms with van der Waals surface area (Å²) in [7, 11) is -2.95. The average Bonchev–Trinajstić information content (AvgIpc) is 3.33. The van der Waals surface area contributed by atoms with E-state index < -0.39 is 27.0 Å². The number of nitrogens with one attached hydrogen (secondary N) is 2. The van der Waals surface area contributed by atoms with Crippen LogP contribution in [-0.4, -0.2) is 48.4 Å². The van der Waals surface area contributed by atoms with Crippen LogP contribution in [0.4, 0.5) is 5.13 Å². The van der Waals surface area contributed by atoms with E-state index in [1.54, 1.807) is 23.6 Å². The highest BCUT2D eigenvalue weighted by Gasteiger charge is 2.22. The van der Waals surface area contributed by atoms with Gasteiger partial charge in [0.15, 0.2) is 5.13 Å². The van der Waals surface area contributed by atoms with E-state index in [-0.39, 0.29) is 5.75 Å². The van der Waals surface area contributed by atoms with Crippen LogP contribution >= 0.6 is 33.9 Å². The highest BCUT2D eigenvalue weighted by atomic mass is 33.1. The van der Waals surface area contributed by atoms with Crippen LogP contribution in [0, 0.1) is 0 Å². The van der Waals surface area contributed by atoms with Crippen LogP contribution in [0.25, 0.3) is 11.1 Å². The molecule has 34 heavy (non-hydrogen) atoms. The predicted molar refractivity (Wildman–Crippen MR) is 140 cm³/mol. The molecule has 12 heteroatoms. The Labute approximate surface area is 210 Å². The van der Waals surface area contributed by atoms with Gasteiger partial charge >= 0.3 is 5.97 Å². The molecule has 0 aliphatic carbocycles. The van der Waals surface area contributed by atoms with Crippen molar-refractivity contribution >= 4 is 60.0 Å². The molecule has 0 saturated carbocycles. The Morgan fingerprint density at radius 3 is 2.59 bits per heavy atom. The van der Waals surface area contributed by atoms with Crippen molar-refractivity contribution in [1.82, 2.24) is 10.3 Å². The quantitative estimate of drug-likeness (QED) is 0.292. The monoisotopic (exact) mass is 537 g/mol. The van der Waals surface area contributed by atoms with Gasteiger partial charge in [0.25, 0.3) is 15.0 Å². The van der Waals surface area contributed by atoms with Crippen LogP contribution in [0.3, 0.4) is 0 Å². The summed E-state index contributed by atoms with van der Waals surface area (Å²) in [6.07, 6.45) is 3.69. The first-order valence-electron chi connectivity index (χ1n) is 10.1. The smallest absolute Gasteiger partial charge is 0.326 e. The second kappa shape index (κ2) is 12.2. The second-order valence-corrected chi connectivity index (χ2v) is 12.6. The highest BCUT2D eigenvalue weighted by molar-refractivity contribution is 8.72. The van der Waals surface area contributed by atoms with Gasteiger partial charge in [0.05, 0.1) is 0 Å². The number of rotatable bonds is 12. The lowest BCUT2D eigenvalue weighted by Gasteiger charge is -2.17. The van der Waals surface area contributed by atoms with Crippen LogP contribution < -0.4 is 10.0 Å². The van der Waals surface area contributed by atoms with E-state index in [1.165, 1.54) is 29.3 Å². The number of thiazole rings is 1. The van der Waals surface area contributed by atoms with E-state index >= 15 is 0 Å². The predicted octanol–water partition coefficient (Wildman–Crippen LogP) is 4.34. The zero-order valence-electron chi connectivity index (χ0n) is 18.1. The Kier molecular flexibility index (Phi) is 9.39. The lowest BCUT2D eigenvalue weighted by molar-refractivity contribution is -0.139. The number of hydrogen-bond acceptors (Lipinski definition) is 8. The zero-order valence-corrected chi connectivity index (χ0v) is 21.4. The third-order valence-corrected chi connectivity index (χ3v) is 8.85. The van der Waals surface area contributed by atoms with Gasteiger partial charge in [0.2, 0.25) is 0 Å². The Morgan fingerprint density at radius 2 is 1.94 bits per heavy atom. The van der Waals surface area contributed by atoms with Gasteiger partial charge in [-0.05, 0) is 58.0 Å². The number of nitrogens with zero attached hydrogens (tertiary/aromatic N) is 1.